The standard InChI is InChI=1S/C13H14N2O4S/c1-9-13(19-8-14-9)7-15-20(17,18)12-5-3-11(4-6-12)10(2)16/h3-6,8,15H,7H2,1-2H3. The molecule has 0 bridgehead atoms. The van der Waals surface area contributed by atoms with Gasteiger partial charge in [-0.2, -0.15) is 0 Å². The normalized spacial score (nSPS) is 11.5. The Morgan fingerprint density at radius 1 is 1.30 bits per heavy atom. The van der Waals surface area contributed by atoms with Crippen molar-refractivity contribution >= 4 is 15.8 Å². The number of hydrogen-bond acceptors (Lipinski definition) is 5. The summed E-state index contributed by atoms with van der Waals surface area (Å²) < 4.78 is 31.6. The molecule has 0 radical (unpaired) electrons. The Hall–Kier alpha value is -1.99. The molecule has 0 spiro atoms. The third kappa shape index (κ3) is 3.12. The van der Waals surface area contributed by atoms with Crippen LogP contribution in [-0.2, 0) is 16.6 Å². The minimum Gasteiger partial charge on any atom is -0.447 e. The third-order valence-electron chi connectivity index (χ3n) is 2.84. The molecule has 106 valence electrons. The minimum absolute atomic E-state index is 0.0304. The van der Waals surface area contributed by atoms with E-state index in [0.29, 0.717) is 17.0 Å². The van der Waals surface area contributed by atoms with Crippen molar-refractivity contribution in [3.05, 3.63) is 47.7 Å². The Bertz CT molecular complexity index is 717. The fraction of sp³-hybridized carbons (Fsp3) is 0.231. The van der Waals surface area contributed by atoms with E-state index in [1.807, 2.05) is 0 Å². The van der Waals surface area contributed by atoms with Crippen LogP contribution in [0.2, 0.25) is 0 Å². The van der Waals surface area contributed by atoms with Crippen molar-refractivity contribution in [3.8, 4) is 0 Å². The third-order valence-corrected chi connectivity index (χ3v) is 4.26. The zero-order valence-corrected chi connectivity index (χ0v) is 11.9. The van der Waals surface area contributed by atoms with Crippen LogP contribution >= 0.6 is 0 Å². The van der Waals surface area contributed by atoms with E-state index in [9.17, 15) is 13.2 Å². The molecule has 6 nitrogen and oxygen atoms in total. The van der Waals surface area contributed by atoms with E-state index in [0.717, 1.165) is 0 Å². The maximum Gasteiger partial charge on any atom is 0.240 e. The summed E-state index contributed by atoms with van der Waals surface area (Å²) in [6, 6.07) is 5.76. The smallest absolute Gasteiger partial charge is 0.240 e. The number of nitrogens with one attached hydrogen (secondary N) is 1. The first kappa shape index (κ1) is 14.4. The molecule has 0 saturated carbocycles. The fourth-order valence-electron chi connectivity index (χ4n) is 1.61. The molecule has 7 heteroatoms. The average molecular weight is 294 g/mol. The molecule has 0 aliphatic rings. The fourth-order valence-corrected chi connectivity index (χ4v) is 2.59. The van der Waals surface area contributed by atoms with Crippen molar-refractivity contribution in [2.45, 2.75) is 25.3 Å². The molecular formula is C13H14N2O4S. The topological polar surface area (TPSA) is 89.3 Å². The zero-order valence-electron chi connectivity index (χ0n) is 11.1. The first-order valence-electron chi connectivity index (χ1n) is 5.90. The van der Waals surface area contributed by atoms with Crippen molar-refractivity contribution < 1.29 is 17.6 Å². The van der Waals surface area contributed by atoms with Gasteiger partial charge in [0, 0.05) is 5.56 Å². The molecule has 0 aliphatic carbocycles. The predicted molar refractivity (Wildman–Crippen MR) is 71.7 cm³/mol. The lowest BCUT2D eigenvalue weighted by atomic mass is 10.2. The number of carbonyl (C=O) groups excluding carboxylic acids is 1. The molecule has 1 N–H and O–H groups in total. The van der Waals surface area contributed by atoms with Crippen LogP contribution < -0.4 is 4.72 Å². The van der Waals surface area contributed by atoms with Crippen LogP contribution in [0.5, 0.6) is 0 Å². The molecule has 20 heavy (non-hydrogen) atoms. The van der Waals surface area contributed by atoms with Crippen LogP contribution in [0.1, 0.15) is 28.7 Å². The van der Waals surface area contributed by atoms with Crippen molar-refractivity contribution in [3.63, 3.8) is 0 Å². The SMILES string of the molecule is CC(=O)c1ccc(S(=O)(=O)NCc2ocnc2C)cc1. The highest BCUT2D eigenvalue weighted by molar-refractivity contribution is 7.89. The second-order valence-electron chi connectivity index (χ2n) is 4.27. The second kappa shape index (κ2) is 5.56. The molecule has 1 aromatic carbocycles. The van der Waals surface area contributed by atoms with Gasteiger partial charge in [0.25, 0.3) is 0 Å². The Labute approximate surface area is 116 Å². The number of hydrogen-bond donors (Lipinski definition) is 1. The highest BCUT2D eigenvalue weighted by atomic mass is 32.2. The Kier molecular flexibility index (Phi) is 4.01. The van der Waals surface area contributed by atoms with Crippen molar-refractivity contribution in [2.24, 2.45) is 0 Å². The van der Waals surface area contributed by atoms with Crippen LogP contribution in [0.15, 0.2) is 40.0 Å². The van der Waals surface area contributed by atoms with Gasteiger partial charge in [-0.3, -0.25) is 4.79 Å². The Morgan fingerprint density at radius 3 is 2.45 bits per heavy atom. The zero-order chi connectivity index (χ0) is 14.8. The maximum atomic E-state index is 12.1. The van der Waals surface area contributed by atoms with Gasteiger partial charge >= 0.3 is 0 Å². The molecule has 0 amide bonds. The number of aromatic nitrogens is 1. The summed E-state index contributed by atoms with van der Waals surface area (Å²) in [4.78, 5) is 15.1. The van der Waals surface area contributed by atoms with Crippen LogP contribution in [0.3, 0.4) is 0 Å². The van der Waals surface area contributed by atoms with Gasteiger partial charge in [-0.25, -0.2) is 18.1 Å². The molecular weight excluding hydrogens is 280 g/mol. The lowest BCUT2D eigenvalue weighted by molar-refractivity contribution is 0.101. The number of Topliss-reactive ketones (excluding diaryl/α,β-unsaturated/α-hetero) is 1. The van der Waals surface area contributed by atoms with E-state index in [2.05, 4.69) is 9.71 Å². The maximum absolute atomic E-state index is 12.1. The van der Waals surface area contributed by atoms with Crippen LogP contribution in [0.25, 0.3) is 0 Å². The first-order chi connectivity index (χ1) is 9.40. The first-order valence-corrected chi connectivity index (χ1v) is 7.38. The van der Waals surface area contributed by atoms with E-state index in [1.54, 1.807) is 6.92 Å². The van der Waals surface area contributed by atoms with Crippen LogP contribution in [-0.4, -0.2) is 19.2 Å². The van der Waals surface area contributed by atoms with Gasteiger partial charge in [-0.15, -0.1) is 0 Å². The van der Waals surface area contributed by atoms with Gasteiger partial charge in [0.1, 0.15) is 5.76 Å². The largest absolute Gasteiger partial charge is 0.447 e. The number of oxazole rings is 1. The highest BCUT2D eigenvalue weighted by Crippen LogP contribution is 2.12. The van der Waals surface area contributed by atoms with Crippen molar-refractivity contribution in [2.75, 3.05) is 0 Å². The minimum atomic E-state index is -3.64. The summed E-state index contributed by atoms with van der Waals surface area (Å²) in [5, 5.41) is 0. The quantitative estimate of drug-likeness (QED) is 0.847. The number of sulfonamides is 1. The molecule has 1 aromatic heterocycles. The van der Waals surface area contributed by atoms with E-state index in [-0.39, 0.29) is 17.2 Å². The second-order valence-corrected chi connectivity index (χ2v) is 6.03. The van der Waals surface area contributed by atoms with Crippen molar-refractivity contribution in [1.29, 1.82) is 0 Å². The summed E-state index contributed by atoms with van der Waals surface area (Å²) in [5.74, 6) is 0.355. The summed E-state index contributed by atoms with van der Waals surface area (Å²) in [6.07, 6.45) is 1.26. The molecule has 2 rings (SSSR count). The number of nitrogens with zero attached hydrogens (tertiary/aromatic N) is 1. The average Bonchev–Trinajstić information content (AvgIpc) is 2.82. The van der Waals surface area contributed by atoms with Gasteiger partial charge in [0.15, 0.2) is 12.2 Å². The molecule has 0 fully saturated rings. The van der Waals surface area contributed by atoms with Gasteiger partial charge in [-0.1, -0.05) is 12.1 Å². The van der Waals surface area contributed by atoms with Crippen molar-refractivity contribution in [1.82, 2.24) is 9.71 Å². The van der Waals surface area contributed by atoms with Crippen LogP contribution in [0, 0.1) is 6.92 Å². The van der Waals surface area contributed by atoms with Gasteiger partial charge in [0.2, 0.25) is 10.0 Å². The lowest BCUT2D eigenvalue weighted by Crippen LogP contribution is -2.23. The van der Waals surface area contributed by atoms with E-state index >= 15 is 0 Å². The molecule has 0 aliphatic heterocycles. The Balaban J connectivity index is 2.14. The lowest BCUT2D eigenvalue weighted by Gasteiger charge is -2.06. The highest BCUT2D eigenvalue weighted by Gasteiger charge is 2.15. The van der Waals surface area contributed by atoms with Gasteiger partial charge in [0.05, 0.1) is 17.1 Å². The van der Waals surface area contributed by atoms with Gasteiger partial charge < -0.3 is 4.42 Å². The van der Waals surface area contributed by atoms with Crippen LogP contribution in [0.4, 0.5) is 0 Å². The molecule has 0 unspecified atom stereocenters. The molecule has 0 atom stereocenters. The summed E-state index contributed by atoms with van der Waals surface area (Å²) in [6.45, 7) is 3.19. The van der Waals surface area contributed by atoms with E-state index in [4.69, 9.17) is 4.42 Å². The van der Waals surface area contributed by atoms with E-state index < -0.39 is 10.0 Å². The van der Waals surface area contributed by atoms with Gasteiger partial charge in [-0.05, 0) is 26.0 Å². The number of benzene rings is 1. The summed E-state index contributed by atoms with van der Waals surface area (Å²) in [7, 11) is -3.64. The number of rotatable bonds is 5. The predicted octanol–water partition coefficient (Wildman–Crippen LogP) is 1.66. The summed E-state index contributed by atoms with van der Waals surface area (Å²) >= 11 is 0. The number of ketones is 1. The monoisotopic (exact) mass is 294 g/mol. The Morgan fingerprint density at radius 2 is 1.95 bits per heavy atom. The molecule has 1 heterocycles. The molecule has 2 aromatic rings. The number of carbonyl (C=O) groups is 1. The van der Waals surface area contributed by atoms with E-state index in [1.165, 1.54) is 37.6 Å². The number of aryl methyl sites for hydroxylation is 1. The molecule has 0 saturated heterocycles. The summed E-state index contributed by atoms with van der Waals surface area (Å²) in [5.41, 5.74) is 1.11.